The van der Waals surface area contributed by atoms with Crippen molar-refractivity contribution >= 4 is 17.6 Å². The Bertz CT molecular complexity index is 374. The minimum Gasteiger partial charge on any atom is -0.354 e. The van der Waals surface area contributed by atoms with Gasteiger partial charge in [-0.25, -0.2) is 0 Å². The van der Waals surface area contributed by atoms with Gasteiger partial charge in [-0.15, -0.1) is 5.10 Å². The van der Waals surface area contributed by atoms with Crippen molar-refractivity contribution in [3.05, 3.63) is 17.8 Å². The monoisotopic (exact) mass is 236 g/mol. The van der Waals surface area contributed by atoms with E-state index in [-0.39, 0.29) is 0 Å². The molecule has 1 atom stereocenters. The molecule has 5 heteroatoms. The van der Waals surface area contributed by atoms with Crippen molar-refractivity contribution in [3.8, 4) is 6.07 Å². The first-order valence-electron chi connectivity index (χ1n) is 5.14. The molecule has 0 saturated carbocycles. The Morgan fingerprint density at radius 3 is 3.00 bits per heavy atom. The molecule has 16 heavy (non-hydrogen) atoms. The van der Waals surface area contributed by atoms with Gasteiger partial charge in [-0.2, -0.15) is 22.1 Å². The minimum absolute atomic E-state index is 0.358. The van der Waals surface area contributed by atoms with Gasteiger partial charge >= 0.3 is 0 Å². The Hall–Kier alpha value is -1.28. The molecule has 4 nitrogen and oxygen atoms in total. The molecule has 0 amide bonds. The van der Waals surface area contributed by atoms with Crippen LogP contribution in [0.25, 0.3) is 0 Å². The summed E-state index contributed by atoms with van der Waals surface area (Å²) < 4.78 is 0. The summed E-state index contributed by atoms with van der Waals surface area (Å²) in [5.41, 5.74) is 0.577. The zero-order valence-corrected chi connectivity index (χ0v) is 10.7. The second-order valence-electron chi connectivity index (χ2n) is 3.62. The van der Waals surface area contributed by atoms with Crippen LogP contribution in [-0.4, -0.2) is 35.3 Å². The quantitative estimate of drug-likeness (QED) is 0.782. The van der Waals surface area contributed by atoms with E-state index in [9.17, 15) is 0 Å². The number of hydrogen-bond acceptors (Lipinski definition) is 5. The van der Waals surface area contributed by atoms with Crippen molar-refractivity contribution in [1.29, 1.82) is 5.26 Å². The van der Waals surface area contributed by atoms with Gasteiger partial charge in [0.15, 0.2) is 5.82 Å². The number of aromatic nitrogens is 2. The predicted molar refractivity (Wildman–Crippen MR) is 67.6 cm³/mol. The molecule has 1 aromatic heterocycles. The second-order valence-corrected chi connectivity index (χ2v) is 4.61. The fourth-order valence-electron chi connectivity index (χ4n) is 1.36. The van der Waals surface area contributed by atoms with Gasteiger partial charge in [0.1, 0.15) is 6.07 Å². The Morgan fingerprint density at radius 2 is 2.38 bits per heavy atom. The standard InChI is InChI=1S/C11H16N4S/c1-9(5-7-16-3)15(2)11-10(8-12)4-6-13-14-11/h4,6,9H,5,7H2,1-3H3. The van der Waals surface area contributed by atoms with Gasteiger partial charge in [-0.05, 0) is 31.4 Å². The highest BCUT2D eigenvalue weighted by Crippen LogP contribution is 2.18. The van der Waals surface area contributed by atoms with Gasteiger partial charge in [0.25, 0.3) is 0 Å². The summed E-state index contributed by atoms with van der Waals surface area (Å²) in [6.45, 7) is 2.13. The number of hydrogen-bond donors (Lipinski definition) is 0. The van der Waals surface area contributed by atoms with E-state index in [1.54, 1.807) is 12.3 Å². The first kappa shape index (κ1) is 12.8. The Labute approximate surface area is 101 Å². The lowest BCUT2D eigenvalue weighted by atomic mass is 10.2. The fraction of sp³-hybridized carbons (Fsp3) is 0.545. The Balaban J connectivity index is 2.79. The maximum atomic E-state index is 8.98. The zero-order chi connectivity index (χ0) is 12.0. The average molecular weight is 236 g/mol. The van der Waals surface area contributed by atoms with Crippen molar-refractivity contribution in [2.24, 2.45) is 0 Å². The molecule has 0 aromatic carbocycles. The van der Waals surface area contributed by atoms with Gasteiger partial charge in [0, 0.05) is 13.1 Å². The zero-order valence-electron chi connectivity index (χ0n) is 9.84. The van der Waals surface area contributed by atoms with Crippen LogP contribution >= 0.6 is 11.8 Å². The SMILES string of the molecule is CSCCC(C)N(C)c1nnccc1C#N. The number of rotatable bonds is 5. The first-order chi connectivity index (χ1) is 7.70. The van der Waals surface area contributed by atoms with E-state index >= 15 is 0 Å². The number of anilines is 1. The van der Waals surface area contributed by atoms with Crippen LogP contribution in [0, 0.1) is 11.3 Å². The summed E-state index contributed by atoms with van der Waals surface area (Å²) >= 11 is 1.82. The molecule has 1 heterocycles. The van der Waals surface area contributed by atoms with Crippen LogP contribution in [-0.2, 0) is 0 Å². The number of nitriles is 1. The minimum atomic E-state index is 0.358. The lowest BCUT2D eigenvalue weighted by molar-refractivity contribution is 0.656. The summed E-state index contributed by atoms with van der Waals surface area (Å²) in [6.07, 6.45) is 4.71. The third-order valence-corrected chi connectivity index (χ3v) is 3.20. The Kier molecular flexibility index (Phi) is 5.06. The summed E-state index contributed by atoms with van der Waals surface area (Å²) in [5.74, 6) is 1.77. The van der Waals surface area contributed by atoms with Crippen LogP contribution in [0.4, 0.5) is 5.82 Å². The topological polar surface area (TPSA) is 52.8 Å². The van der Waals surface area contributed by atoms with Crippen LogP contribution in [0.2, 0.25) is 0 Å². The van der Waals surface area contributed by atoms with Gasteiger partial charge < -0.3 is 4.90 Å². The van der Waals surface area contributed by atoms with Crippen molar-refractivity contribution in [1.82, 2.24) is 10.2 Å². The number of thioether (sulfide) groups is 1. The molecule has 0 radical (unpaired) electrons. The molecule has 1 aromatic rings. The summed E-state index contributed by atoms with van der Waals surface area (Å²) in [7, 11) is 1.95. The predicted octanol–water partition coefficient (Wildman–Crippen LogP) is 1.93. The van der Waals surface area contributed by atoms with E-state index in [1.165, 1.54) is 0 Å². The van der Waals surface area contributed by atoms with Gasteiger partial charge in [-0.1, -0.05) is 0 Å². The van der Waals surface area contributed by atoms with E-state index in [2.05, 4.69) is 29.4 Å². The Morgan fingerprint density at radius 1 is 1.62 bits per heavy atom. The van der Waals surface area contributed by atoms with Gasteiger partial charge in [0.05, 0.1) is 11.8 Å². The van der Waals surface area contributed by atoms with E-state index < -0.39 is 0 Å². The van der Waals surface area contributed by atoms with E-state index in [1.807, 2.05) is 23.7 Å². The maximum absolute atomic E-state index is 8.98. The third-order valence-electron chi connectivity index (χ3n) is 2.56. The van der Waals surface area contributed by atoms with Crippen molar-refractivity contribution in [2.75, 3.05) is 24.0 Å². The highest BCUT2D eigenvalue weighted by molar-refractivity contribution is 7.98. The molecule has 0 spiro atoms. The normalized spacial score (nSPS) is 11.9. The number of nitrogens with zero attached hydrogens (tertiary/aromatic N) is 4. The molecule has 0 aliphatic heterocycles. The van der Waals surface area contributed by atoms with Crippen LogP contribution in [0.5, 0.6) is 0 Å². The maximum Gasteiger partial charge on any atom is 0.169 e. The summed E-state index contributed by atoms with van der Waals surface area (Å²) in [6, 6.07) is 4.19. The molecule has 0 fully saturated rings. The molecule has 0 saturated heterocycles. The third kappa shape index (κ3) is 3.11. The van der Waals surface area contributed by atoms with E-state index in [0.717, 1.165) is 12.2 Å². The molecular formula is C11H16N4S. The molecular weight excluding hydrogens is 220 g/mol. The van der Waals surface area contributed by atoms with Crippen LogP contribution in [0.3, 0.4) is 0 Å². The van der Waals surface area contributed by atoms with Crippen LogP contribution < -0.4 is 4.90 Å². The summed E-state index contributed by atoms with van der Waals surface area (Å²) in [5, 5.41) is 16.8. The van der Waals surface area contributed by atoms with E-state index in [4.69, 9.17) is 5.26 Å². The van der Waals surface area contributed by atoms with Crippen LogP contribution in [0.15, 0.2) is 12.3 Å². The van der Waals surface area contributed by atoms with E-state index in [0.29, 0.717) is 17.4 Å². The fourth-order valence-corrected chi connectivity index (χ4v) is 1.94. The van der Waals surface area contributed by atoms with Crippen molar-refractivity contribution in [2.45, 2.75) is 19.4 Å². The lowest BCUT2D eigenvalue weighted by Gasteiger charge is -2.25. The molecule has 1 unspecified atom stereocenters. The largest absolute Gasteiger partial charge is 0.354 e. The summed E-state index contributed by atoms with van der Waals surface area (Å²) in [4.78, 5) is 2.02. The first-order valence-corrected chi connectivity index (χ1v) is 6.53. The lowest BCUT2D eigenvalue weighted by Crippen LogP contribution is -2.31. The molecule has 0 aliphatic rings. The molecule has 0 N–H and O–H groups in total. The van der Waals surface area contributed by atoms with Crippen LogP contribution in [0.1, 0.15) is 18.9 Å². The highest BCUT2D eigenvalue weighted by atomic mass is 32.2. The smallest absolute Gasteiger partial charge is 0.169 e. The molecule has 0 bridgehead atoms. The average Bonchev–Trinajstić information content (AvgIpc) is 2.34. The molecule has 0 aliphatic carbocycles. The van der Waals surface area contributed by atoms with Gasteiger partial charge in [-0.3, -0.25) is 0 Å². The van der Waals surface area contributed by atoms with Crippen molar-refractivity contribution < 1.29 is 0 Å². The second kappa shape index (κ2) is 6.33. The molecule has 1 rings (SSSR count). The highest BCUT2D eigenvalue weighted by Gasteiger charge is 2.14. The molecule has 86 valence electrons. The van der Waals surface area contributed by atoms with Crippen molar-refractivity contribution in [3.63, 3.8) is 0 Å². The van der Waals surface area contributed by atoms with Gasteiger partial charge in [0.2, 0.25) is 0 Å².